The van der Waals surface area contributed by atoms with Crippen LogP contribution in [-0.2, 0) is 0 Å². The predicted octanol–water partition coefficient (Wildman–Crippen LogP) is 4.38. The van der Waals surface area contributed by atoms with Gasteiger partial charge in [0, 0.05) is 44.1 Å². The van der Waals surface area contributed by atoms with Crippen molar-refractivity contribution in [2.45, 2.75) is 37.1 Å². The number of thiophene rings is 1. The predicted molar refractivity (Wildman–Crippen MR) is 135 cm³/mol. The number of halogens is 1. The molecular weight excluding hydrogens is 465 g/mol. The van der Waals surface area contributed by atoms with Gasteiger partial charge in [0.1, 0.15) is 5.82 Å². The molecule has 6 rings (SSSR count). The molecule has 9 heteroatoms. The Kier molecular flexibility index (Phi) is 5.69. The van der Waals surface area contributed by atoms with E-state index >= 15 is 0 Å². The van der Waals surface area contributed by atoms with Crippen molar-refractivity contribution in [3.63, 3.8) is 0 Å². The lowest BCUT2D eigenvalue weighted by Gasteiger charge is -2.32. The maximum Gasteiger partial charge on any atom is 0.319 e. The minimum atomic E-state index is -0.302. The number of hydrogen-bond donors (Lipinski definition) is 2. The van der Waals surface area contributed by atoms with E-state index in [2.05, 4.69) is 27.6 Å². The molecule has 1 aliphatic heterocycles. The van der Waals surface area contributed by atoms with Crippen molar-refractivity contribution in [2.75, 3.05) is 38.5 Å². The Bertz CT molecular complexity index is 1300. The Morgan fingerprint density at radius 1 is 1.06 bits per heavy atom. The second-order valence-corrected chi connectivity index (χ2v) is 10.9. The van der Waals surface area contributed by atoms with Crippen LogP contribution >= 0.6 is 11.3 Å². The average molecular weight is 494 g/mol. The molecule has 0 bridgehead atoms. The molecule has 2 aliphatic carbocycles. The van der Waals surface area contributed by atoms with Crippen molar-refractivity contribution in [1.82, 2.24) is 20.1 Å². The van der Waals surface area contributed by atoms with E-state index in [0.29, 0.717) is 16.1 Å². The van der Waals surface area contributed by atoms with Crippen molar-refractivity contribution in [3.8, 4) is 0 Å². The topological polar surface area (TPSA) is 77.6 Å². The number of carbonyl (C=O) groups is 2. The summed E-state index contributed by atoms with van der Waals surface area (Å²) in [6, 6.07) is 8.80. The number of benzene rings is 1. The van der Waals surface area contributed by atoms with E-state index in [1.807, 2.05) is 17.0 Å². The van der Waals surface area contributed by atoms with E-state index in [9.17, 15) is 14.0 Å². The van der Waals surface area contributed by atoms with Crippen LogP contribution < -0.4 is 10.6 Å². The highest BCUT2D eigenvalue weighted by atomic mass is 32.1. The summed E-state index contributed by atoms with van der Waals surface area (Å²) in [4.78, 5) is 34.4. The van der Waals surface area contributed by atoms with E-state index in [1.165, 1.54) is 17.4 Å². The fourth-order valence-electron chi connectivity index (χ4n) is 4.89. The molecule has 2 saturated carbocycles. The number of nitrogens with one attached hydrogen (secondary N) is 2. The van der Waals surface area contributed by atoms with Crippen molar-refractivity contribution in [1.29, 1.82) is 0 Å². The summed E-state index contributed by atoms with van der Waals surface area (Å²) < 4.78 is 16.0. The molecule has 7 nitrogen and oxygen atoms in total. The van der Waals surface area contributed by atoms with E-state index < -0.39 is 0 Å². The Hall–Kier alpha value is -3.04. The second kappa shape index (κ2) is 8.87. The highest BCUT2D eigenvalue weighted by molar-refractivity contribution is 7.21. The molecule has 2 aromatic heterocycles. The van der Waals surface area contributed by atoms with Gasteiger partial charge < -0.3 is 20.4 Å². The van der Waals surface area contributed by atoms with Gasteiger partial charge >= 0.3 is 6.03 Å². The maximum absolute atomic E-state index is 15.0. The van der Waals surface area contributed by atoms with Crippen LogP contribution in [0.2, 0.25) is 0 Å². The van der Waals surface area contributed by atoms with E-state index in [4.69, 9.17) is 0 Å². The van der Waals surface area contributed by atoms with Crippen LogP contribution in [0.3, 0.4) is 0 Å². The summed E-state index contributed by atoms with van der Waals surface area (Å²) in [5.41, 5.74) is 3.08. The van der Waals surface area contributed by atoms with Crippen LogP contribution in [0.15, 0.2) is 36.5 Å². The zero-order valence-electron chi connectivity index (χ0n) is 19.6. The number of anilines is 1. The molecule has 3 heterocycles. The molecule has 1 saturated heterocycles. The summed E-state index contributed by atoms with van der Waals surface area (Å²) in [5.74, 6) is 0.0365. The Labute approximate surface area is 207 Å². The molecule has 3 amide bonds. The van der Waals surface area contributed by atoms with Gasteiger partial charge in [0.25, 0.3) is 5.91 Å². The lowest BCUT2D eigenvalue weighted by Crippen LogP contribution is -2.46. The number of aromatic nitrogens is 1. The first-order valence-electron chi connectivity index (χ1n) is 12.2. The Balaban J connectivity index is 1.18. The van der Waals surface area contributed by atoms with E-state index in [1.54, 1.807) is 18.3 Å². The quantitative estimate of drug-likeness (QED) is 0.553. The molecule has 2 unspecified atom stereocenters. The number of carbonyl (C=O) groups excluding carboxylic acids is 2. The van der Waals surface area contributed by atoms with Gasteiger partial charge in [-0.2, -0.15) is 0 Å². The monoisotopic (exact) mass is 493 g/mol. The Morgan fingerprint density at radius 3 is 2.57 bits per heavy atom. The molecule has 3 aromatic rings. The number of amides is 3. The van der Waals surface area contributed by atoms with Crippen molar-refractivity contribution < 1.29 is 14.0 Å². The summed E-state index contributed by atoms with van der Waals surface area (Å²) in [6.45, 7) is 3.24. The molecule has 35 heavy (non-hydrogen) atoms. The van der Waals surface area contributed by atoms with E-state index in [-0.39, 0.29) is 35.6 Å². The number of rotatable bonds is 5. The first-order valence-corrected chi connectivity index (χ1v) is 13.0. The minimum absolute atomic E-state index is 0.0688. The van der Waals surface area contributed by atoms with E-state index in [0.717, 1.165) is 61.2 Å². The van der Waals surface area contributed by atoms with Gasteiger partial charge in [-0.15, -0.1) is 11.3 Å². The number of fused-ring (bicyclic) bond motifs is 1. The average Bonchev–Trinajstić information content (AvgIpc) is 3.76. The van der Waals surface area contributed by atoms with Gasteiger partial charge in [-0.25, -0.2) is 9.18 Å². The third-order valence-electron chi connectivity index (χ3n) is 7.20. The first kappa shape index (κ1) is 22.4. The summed E-state index contributed by atoms with van der Waals surface area (Å²) in [6.07, 6.45) is 4.64. The fourth-order valence-corrected chi connectivity index (χ4v) is 6.05. The van der Waals surface area contributed by atoms with Crippen LogP contribution in [-0.4, -0.2) is 66.0 Å². The standard InChI is InChI=1S/C26H28FN5O2S/c1-31-8-10-32(11-9-31)25(33)23-14-22-24(35-23)18(6-7-28-22)20-13-19(20)17-5-4-16(12-21(17)27)30-26(34)29-15-2-3-15/h4-7,12,14-15,19-20H,2-3,8-11,13H2,1H3,(H2,29,30,34). The third-order valence-corrected chi connectivity index (χ3v) is 8.37. The van der Waals surface area contributed by atoms with Gasteiger partial charge in [0.2, 0.25) is 0 Å². The number of likely N-dealkylation sites (N-methyl/N-ethyl adjacent to an activating group) is 1. The molecule has 3 fully saturated rings. The molecule has 182 valence electrons. The van der Waals surface area contributed by atoms with Crippen LogP contribution in [0.5, 0.6) is 0 Å². The molecule has 2 N–H and O–H groups in total. The van der Waals surface area contributed by atoms with Crippen molar-refractivity contribution in [3.05, 3.63) is 58.3 Å². The van der Waals surface area contributed by atoms with Gasteiger partial charge in [0.15, 0.2) is 0 Å². The highest BCUT2D eigenvalue weighted by Crippen LogP contribution is 2.57. The highest BCUT2D eigenvalue weighted by Gasteiger charge is 2.42. The second-order valence-electron chi connectivity index (χ2n) is 9.88. The Morgan fingerprint density at radius 2 is 1.83 bits per heavy atom. The van der Waals surface area contributed by atoms with Crippen LogP contribution in [0.1, 0.15) is 51.9 Å². The molecular formula is C26H28FN5O2S. The molecule has 1 aromatic carbocycles. The number of nitrogens with zero attached hydrogens (tertiary/aromatic N) is 3. The lowest BCUT2D eigenvalue weighted by atomic mass is 10.0. The lowest BCUT2D eigenvalue weighted by molar-refractivity contribution is 0.0669. The summed E-state index contributed by atoms with van der Waals surface area (Å²) in [7, 11) is 2.07. The van der Waals surface area contributed by atoms with Gasteiger partial charge in [0.05, 0.1) is 15.1 Å². The molecule has 2 atom stereocenters. The molecule has 0 radical (unpaired) electrons. The van der Waals surface area contributed by atoms with Gasteiger partial charge in [-0.3, -0.25) is 9.78 Å². The third kappa shape index (κ3) is 4.62. The van der Waals surface area contributed by atoms with Crippen LogP contribution in [0.25, 0.3) is 10.2 Å². The smallest absolute Gasteiger partial charge is 0.319 e. The van der Waals surface area contributed by atoms with Crippen molar-refractivity contribution >= 4 is 39.2 Å². The molecule has 0 spiro atoms. The van der Waals surface area contributed by atoms with Gasteiger partial charge in [-0.1, -0.05) is 6.07 Å². The SMILES string of the molecule is CN1CCN(C(=O)c2cc3nccc(C4CC4c4ccc(NC(=O)NC5CC5)cc4F)c3s2)CC1. The summed E-state index contributed by atoms with van der Waals surface area (Å²) >= 11 is 1.50. The molecule has 3 aliphatic rings. The zero-order chi connectivity index (χ0) is 24.1. The maximum atomic E-state index is 15.0. The largest absolute Gasteiger partial charge is 0.335 e. The normalized spacial score (nSPS) is 22.3. The number of hydrogen-bond acceptors (Lipinski definition) is 5. The number of urea groups is 1. The number of piperazine rings is 1. The number of pyridine rings is 1. The van der Waals surface area contributed by atoms with Crippen molar-refractivity contribution in [2.24, 2.45) is 0 Å². The summed E-state index contributed by atoms with van der Waals surface area (Å²) in [5, 5.41) is 5.56. The fraction of sp³-hybridized carbons (Fsp3) is 0.423. The first-order chi connectivity index (χ1) is 17.0. The minimum Gasteiger partial charge on any atom is -0.335 e. The van der Waals surface area contributed by atoms with Crippen LogP contribution in [0.4, 0.5) is 14.9 Å². The van der Waals surface area contributed by atoms with Crippen LogP contribution in [0, 0.1) is 5.82 Å². The van der Waals surface area contributed by atoms with Gasteiger partial charge in [-0.05, 0) is 73.5 Å². The zero-order valence-corrected chi connectivity index (χ0v) is 20.4.